The molecule has 8 aromatic carbocycles. The first-order valence-electron chi connectivity index (χ1n) is 19.5. The summed E-state index contributed by atoms with van der Waals surface area (Å²) in [6.45, 7) is 0. The second-order valence-electron chi connectivity index (χ2n) is 14.7. The highest BCUT2D eigenvalue weighted by Crippen LogP contribution is 2.42. The van der Waals surface area contributed by atoms with Crippen molar-refractivity contribution in [1.29, 1.82) is 0 Å². The predicted octanol–water partition coefficient (Wildman–Crippen LogP) is 13.8. The summed E-state index contributed by atoms with van der Waals surface area (Å²) in [6, 6.07) is 65.2. The van der Waals surface area contributed by atoms with Gasteiger partial charge in [0.25, 0.3) is 0 Å². The highest BCUT2D eigenvalue weighted by atomic mass is 32.1. The molecule has 0 unspecified atom stereocenters. The summed E-state index contributed by atoms with van der Waals surface area (Å²) in [5, 5.41) is 5.51. The summed E-state index contributed by atoms with van der Waals surface area (Å²) in [5.74, 6) is 1.84. The molecule has 0 spiro atoms. The number of rotatable bonds is 6. The standard InChI is InChI=1S/C52H31N5OS/c1-3-13-32(14-4-1)49-54-50(33-15-5-2-6-16-33)56-51(55-49)36-25-28-45(41(30-36)52-53-42-19-9-12-22-48(42)59-52)57-43-20-10-7-17-37(43)40-29-34(24-27-44(40)57)35-23-26-39-38-18-8-11-21-46(38)58-47(39)31-35/h1-31H. The molecule has 0 radical (unpaired) electrons. The van der Waals surface area contributed by atoms with Crippen molar-refractivity contribution in [1.82, 2.24) is 24.5 Å². The van der Waals surface area contributed by atoms with Crippen LogP contribution in [-0.4, -0.2) is 24.5 Å². The van der Waals surface area contributed by atoms with Crippen molar-refractivity contribution in [2.24, 2.45) is 0 Å². The molecule has 0 aliphatic heterocycles. The Hall–Kier alpha value is -7.74. The molecule has 0 fully saturated rings. The molecule has 0 aliphatic carbocycles. The Morgan fingerprint density at radius 2 is 0.983 bits per heavy atom. The van der Waals surface area contributed by atoms with E-state index in [-0.39, 0.29) is 0 Å². The summed E-state index contributed by atoms with van der Waals surface area (Å²) < 4.78 is 9.79. The van der Waals surface area contributed by atoms with Crippen LogP contribution in [0.2, 0.25) is 0 Å². The lowest BCUT2D eigenvalue weighted by Crippen LogP contribution is -2.02. The molecule has 7 heteroatoms. The van der Waals surface area contributed by atoms with Crippen LogP contribution in [0.3, 0.4) is 0 Å². The van der Waals surface area contributed by atoms with E-state index < -0.39 is 0 Å². The lowest BCUT2D eigenvalue weighted by molar-refractivity contribution is 0.669. The van der Waals surface area contributed by atoms with Crippen LogP contribution in [0.5, 0.6) is 0 Å². The van der Waals surface area contributed by atoms with E-state index in [4.69, 9.17) is 24.4 Å². The van der Waals surface area contributed by atoms with Crippen molar-refractivity contribution < 1.29 is 4.42 Å². The zero-order valence-corrected chi connectivity index (χ0v) is 32.3. The fourth-order valence-electron chi connectivity index (χ4n) is 8.28. The van der Waals surface area contributed by atoms with Gasteiger partial charge in [-0.2, -0.15) is 0 Å². The van der Waals surface area contributed by atoms with Crippen LogP contribution in [0, 0.1) is 0 Å². The quantitative estimate of drug-likeness (QED) is 0.168. The van der Waals surface area contributed by atoms with Gasteiger partial charge >= 0.3 is 0 Å². The van der Waals surface area contributed by atoms with Gasteiger partial charge in [-0.05, 0) is 77.9 Å². The van der Waals surface area contributed by atoms with Crippen LogP contribution in [0.15, 0.2) is 192 Å². The van der Waals surface area contributed by atoms with Crippen LogP contribution in [0.4, 0.5) is 0 Å². The molecule has 0 atom stereocenters. The van der Waals surface area contributed by atoms with Crippen LogP contribution < -0.4 is 0 Å². The third-order valence-electron chi connectivity index (χ3n) is 11.1. The first-order valence-corrected chi connectivity index (χ1v) is 20.4. The average molecular weight is 774 g/mol. The van der Waals surface area contributed by atoms with Gasteiger partial charge in [0, 0.05) is 43.8 Å². The molecule has 0 N–H and O–H groups in total. The van der Waals surface area contributed by atoms with Crippen molar-refractivity contribution >= 4 is 65.3 Å². The highest BCUT2D eigenvalue weighted by molar-refractivity contribution is 7.21. The minimum absolute atomic E-state index is 0.597. The largest absolute Gasteiger partial charge is 0.456 e. The second kappa shape index (κ2) is 13.4. The van der Waals surface area contributed by atoms with Gasteiger partial charge in [0.05, 0.1) is 26.9 Å². The zero-order chi connectivity index (χ0) is 38.9. The molecule has 59 heavy (non-hydrogen) atoms. The molecule has 0 saturated heterocycles. The minimum atomic E-state index is 0.597. The molecule has 0 amide bonds. The molecule has 0 aliphatic rings. The maximum atomic E-state index is 6.29. The number of thiazole rings is 1. The monoisotopic (exact) mass is 773 g/mol. The molecule has 4 heterocycles. The van der Waals surface area contributed by atoms with E-state index in [1.54, 1.807) is 11.3 Å². The van der Waals surface area contributed by atoms with Crippen molar-refractivity contribution in [3.8, 4) is 61.5 Å². The molecule has 6 nitrogen and oxygen atoms in total. The third-order valence-corrected chi connectivity index (χ3v) is 12.2. The van der Waals surface area contributed by atoms with Crippen molar-refractivity contribution in [3.63, 3.8) is 0 Å². The smallest absolute Gasteiger partial charge is 0.164 e. The van der Waals surface area contributed by atoms with E-state index in [9.17, 15) is 0 Å². The van der Waals surface area contributed by atoms with Gasteiger partial charge in [-0.1, -0.05) is 121 Å². The summed E-state index contributed by atoms with van der Waals surface area (Å²) in [6.07, 6.45) is 0. The number of hydrogen-bond acceptors (Lipinski definition) is 6. The Morgan fingerprint density at radius 3 is 1.76 bits per heavy atom. The number of fused-ring (bicyclic) bond motifs is 7. The van der Waals surface area contributed by atoms with Crippen LogP contribution in [-0.2, 0) is 0 Å². The van der Waals surface area contributed by atoms with E-state index in [0.717, 1.165) is 87.3 Å². The normalized spacial score (nSPS) is 11.7. The first-order chi connectivity index (χ1) is 29.2. The second-order valence-corrected chi connectivity index (χ2v) is 15.7. The van der Waals surface area contributed by atoms with Crippen LogP contribution >= 0.6 is 11.3 Å². The van der Waals surface area contributed by atoms with Crippen molar-refractivity contribution in [3.05, 3.63) is 188 Å². The van der Waals surface area contributed by atoms with Gasteiger partial charge in [0.15, 0.2) is 17.5 Å². The molecule has 0 bridgehead atoms. The Bertz CT molecular complexity index is 3480. The predicted molar refractivity (Wildman–Crippen MR) is 242 cm³/mol. The number of nitrogens with zero attached hydrogens (tertiary/aromatic N) is 5. The van der Waals surface area contributed by atoms with Gasteiger partial charge < -0.3 is 8.98 Å². The van der Waals surface area contributed by atoms with Crippen molar-refractivity contribution in [2.75, 3.05) is 0 Å². The third kappa shape index (κ3) is 5.62. The lowest BCUT2D eigenvalue weighted by atomic mass is 10.0. The molecule has 0 saturated carbocycles. The van der Waals surface area contributed by atoms with E-state index in [1.807, 2.05) is 78.9 Å². The van der Waals surface area contributed by atoms with Crippen LogP contribution in [0.25, 0.3) is 116 Å². The number of furan rings is 1. The lowest BCUT2D eigenvalue weighted by Gasteiger charge is -2.15. The van der Waals surface area contributed by atoms with Gasteiger partial charge in [-0.15, -0.1) is 11.3 Å². The summed E-state index contributed by atoms with van der Waals surface area (Å²) >= 11 is 1.69. The minimum Gasteiger partial charge on any atom is -0.456 e. The average Bonchev–Trinajstić information content (AvgIpc) is 4.01. The van der Waals surface area contributed by atoms with Gasteiger partial charge in [-0.25, -0.2) is 19.9 Å². The fraction of sp³-hybridized carbons (Fsp3) is 0. The SMILES string of the molecule is c1ccc(-c2nc(-c3ccccc3)nc(-c3ccc(-n4c5ccccc5c5cc(-c6ccc7c(c6)oc6ccccc67)ccc54)c(-c4nc5ccccc5s4)c3)n2)cc1. The van der Waals surface area contributed by atoms with E-state index in [1.165, 1.54) is 10.8 Å². The van der Waals surface area contributed by atoms with Crippen LogP contribution in [0.1, 0.15) is 0 Å². The molecular formula is C52H31N5OS. The topological polar surface area (TPSA) is 69.6 Å². The Kier molecular flexibility index (Phi) is 7.61. The summed E-state index contributed by atoms with van der Waals surface area (Å²) in [7, 11) is 0. The molecule has 12 rings (SSSR count). The first kappa shape index (κ1) is 33.4. The number of benzene rings is 8. The molecule has 12 aromatic rings. The maximum Gasteiger partial charge on any atom is 0.164 e. The Morgan fingerprint density at radius 1 is 0.390 bits per heavy atom. The zero-order valence-electron chi connectivity index (χ0n) is 31.5. The summed E-state index contributed by atoms with van der Waals surface area (Å²) in [5.41, 5.74) is 12.0. The van der Waals surface area contributed by atoms with E-state index in [2.05, 4.69) is 114 Å². The maximum absolute atomic E-state index is 6.29. The number of para-hydroxylation sites is 3. The summed E-state index contributed by atoms with van der Waals surface area (Å²) in [4.78, 5) is 20.3. The number of aromatic nitrogens is 5. The van der Waals surface area contributed by atoms with Gasteiger partial charge in [0.1, 0.15) is 16.2 Å². The Labute approximate surface area is 342 Å². The molecular weight excluding hydrogens is 743 g/mol. The highest BCUT2D eigenvalue weighted by Gasteiger charge is 2.21. The van der Waals surface area contributed by atoms with Gasteiger partial charge in [-0.3, -0.25) is 0 Å². The number of hydrogen-bond donors (Lipinski definition) is 0. The van der Waals surface area contributed by atoms with E-state index >= 15 is 0 Å². The van der Waals surface area contributed by atoms with Crippen molar-refractivity contribution in [2.45, 2.75) is 0 Å². The molecule has 276 valence electrons. The van der Waals surface area contributed by atoms with Gasteiger partial charge in [0.2, 0.25) is 0 Å². The van der Waals surface area contributed by atoms with E-state index in [0.29, 0.717) is 17.5 Å². The molecule has 4 aromatic heterocycles. The fourth-order valence-corrected chi connectivity index (χ4v) is 9.27. The Balaban J connectivity index is 1.06.